The number of rotatable bonds is 5. The average molecular weight is 362 g/mol. The first-order chi connectivity index (χ1) is 12.1. The fourth-order valence-electron chi connectivity index (χ4n) is 2.72. The van der Waals surface area contributed by atoms with Crippen LogP contribution < -0.4 is 11.1 Å². The number of halogens is 2. The van der Waals surface area contributed by atoms with Crippen LogP contribution in [-0.4, -0.2) is 13.0 Å². The van der Waals surface area contributed by atoms with Crippen molar-refractivity contribution in [2.45, 2.75) is 38.8 Å². The molecule has 2 rings (SSSR count). The molecule has 0 heterocycles. The Labute approximate surface area is 152 Å². The number of nitrogens with two attached hydrogens (primary N) is 1. The first-order valence-corrected chi connectivity index (χ1v) is 8.27. The number of hydrogen-bond acceptors (Lipinski definition) is 3. The molecule has 26 heavy (non-hydrogen) atoms. The Morgan fingerprint density at radius 1 is 1.15 bits per heavy atom. The maximum absolute atomic E-state index is 14.3. The van der Waals surface area contributed by atoms with Crippen LogP contribution in [0.1, 0.15) is 43.5 Å². The van der Waals surface area contributed by atoms with Crippen LogP contribution in [0, 0.1) is 11.6 Å². The molecule has 0 aromatic heterocycles. The minimum Gasteiger partial charge on any atom is -0.380 e. The summed E-state index contributed by atoms with van der Waals surface area (Å²) in [6.07, 6.45) is 0. The molecule has 0 spiro atoms. The van der Waals surface area contributed by atoms with Crippen LogP contribution in [0.3, 0.4) is 0 Å². The van der Waals surface area contributed by atoms with E-state index < -0.39 is 29.0 Å². The third-order valence-corrected chi connectivity index (χ3v) is 3.99. The first kappa shape index (κ1) is 20.0. The van der Waals surface area contributed by atoms with Crippen LogP contribution in [0.15, 0.2) is 36.4 Å². The van der Waals surface area contributed by atoms with E-state index in [1.165, 1.54) is 0 Å². The summed E-state index contributed by atoms with van der Waals surface area (Å²) in [5.74, 6) is -1.96. The zero-order valence-corrected chi connectivity index (χ0v) is 15.4. The SMILES string of the molecule is COCc1ccc(C(N)C(=O)Nc2cc(F)c(C(C)(C)C)c(F)c2)cc1. The van der Waals surface area contributed by atoms with Gasteiger partial charge in [-0.15, -0.1) is 0 Å². The number of carbonyl (C=O) groups excluding carboxylic acids is 1. The molecular weight excluding hydrogens is 338 g/mol. The molecule has 0 aliphatic rings. The van der Waals surface area contributed by atoms with E-state index in [1.807, 2.05) is 12.1 Å². The highest BCUT2D eigenvalue weighted by Crippen LogP contribution is 2.30. The van der Waals surface area contributed by atoms with E-state index in [-0.39, 0.29) is 11.3 Å². The van der Waals surface area contributed by atoms with Gasteiger partial charge in [-0.05, 0) is 28.7 Å². The monoisotopic (exact) mass is 362 g/mol. The molecule has 2 aromatic rings. The van der Waals surface area contributed by atoms with Crippen molar-refractivity contribution in [2.75, 3.05) is 12.4 Å². The third-order valence-electron chi connectivity index (χ3n) is 3.99. The highest BCUT2D eigenvalue weighted by atomic mass is 19.1. The number of anilines is 1. The average Bonchev–Trinajstić information content (AvgIpc) is 2.53. The third kappa shape index (κ3) is 4.65. The van der Waals surface area contributed by atoms with Gasteiger partial charge in [-0.1, -0.05) is 45.0 Å². The quantitative estimate of drug-likeness (QED) is 0.843. The lowest BCUT2D eigenvalue weighted by molar-refractivity contribution is -0.117. The lowest BCUT2D eigenvalue weighted by Crippen LogP contribution is -2.28. The van der Waals surface area contributed by atoms with E-state index in [0.29, 0.717) is 12.2 Å². The molecule has 0 aliphatic heterocycles. The highest BCUT2D eigenvalue weighted by molar-refractivity contribution is 5.95. The van der Waals surface area contributed by atoms with Gasteiger partial charge >= 0.3 is 0 Å². The summed E-state index contributed by atoms with van der Waals surface area (Å²) in [5, 5.41) is 2.47. The van der Waals surface area contributed by atoms with E-state index in [2.05, 4.69) is 5.32 Å². The second kappa shape index (κ2) is 7.93. The number of ether oxygens (including phenoxy) is 1. The molecule has 1 amide bonds. The van der Waals surface area contributed by atoms with Crippen molar-refractivity contribution in [3.63, 3.8) is 0 Å². The van der Waals surface area contributed by atoms with Gasteiger partial charge in [0, 0.05) is 18.4 Å². The zero-order chi connectivity index (χ0) is 19.5. The molecule has 6 heteroatoms. The fourth-order valence-corrected chi connectivity index (χ4v) is 2.72. The van der Waals surface area contributed by atoms with Gasteiger partial charge in [0.15, 0.2) is 0 Å². The summed E-state index contributed by atoms with van der Waals surface area (Å²) < 4.78 is 33.6. The van der Waals surface area contributed by atoms with Gasteiger partial charge in [-0.2, -0.15) is 0 Å². The fraction of sp³-hybridized carbons (Fsp3) is 0.350. The second-order valence-electron chi connectivity index (χ2n) is 7.21. The number of methoxy groups -OCH3 is 1. The van der Waals surface area contributed by atoms with Crippen molar-refractivity contribution in [3.8, 4) is 0 Å². The van der Waals surface area contributed by atoms with Crippen LogP contribution in [0.25, 0.3) is 0 Å². The summed E-state index contributed by atoms with van der Waals surface area (Å²) in [6, 6.07) is 8.32. The van der Waals surface area contributed by atoms with E-state index in [9.17, 15) is 13.6 Å². The predicted octanol–water partition coefficient (Wildman–Crippen LogP) is 4.05. The zero-order valence-electron chi connectivity index (χ0n) is 15.4. The van der Waals surface area contributed by atoms with Gasteiger partial charge in [-0.3, -0.25) is 4.79 Å². The largest absolute Gasteiger partial charge is 0.380 e. The van der Waals surface area contributed by atoms with Crippen molar-refractivity contribution in [1.29, 1.82) is 0 Å². The Kier molecular flexibility index (Phi) is 6.10. The van der Waals surface area contributed by atoms with E-state index in [4.69, 9.17) is 10.5 Å². The van der Waals surface area contributed by atoms with Gasteiger partial charge in [0.1, 0.15) is 17.7 Å². The van der Waals surface area contributed by atoms with Crippen LogP contribution in [-0.2, 0) is 21.6 Å². The standard InChI is InChI=1S/C20H24F2N2O2/c1-20(2,3)17-15(21)9-14(10-16(17)22)24-19(25)18(23)13-7-5-12(6-8-13)11-26-4/h5-10,18H,11,23H2,1-4H3,(H,24,25). The molecule has 3 N–H and O–H groups in total. The van der Waals surface area contributed by atoms with Crippen LogP contribution in [0.4, 0.5) is 14.5 Å². The van der Waals surface area contributed by atoms with Crippen molar-refractivity contribution < 1.29 is 18.3 Å². The highest BCUT2D eigenvalue weighted by Gasteiger charge is 2.24. The summed E-state index contributed by atoms with van der Waals surface area (Å²) in [5.41, 5.74) is 6.83. The molecule has 0 saturated heterocycles. The number of hydrogen-bond donors (Lipinski definition) is 2. The summed E-state index contributed by atoms with van der Waals surface area (Å²) >= 11 is 0. The molecule has 0 saturated carbocycles. The lowest BCUT2D eigenvalue weighted by Gasteiger charge is -2.21. The Hall–Kier alpha value is -2.31. The van der Waals surface area contributed by atoms with Gasteiger partial charge in [0.05, 0.1) is 6.61 Å². The van der Waals surface area contributed by atoms with Crippen LogP contribution in [0.2, 0.25) is 0 Å². The van der Waals surface area contributed by atoms with Crippen molar-refractivity contribution >= 4 is 11.6 Å². The smallest absolute Gasteiger partial charge is 0.245 e. The van der Waals surface area contributed by atoms with E-state index in [0.717, 1.165) is 17.7 Å². The molecule has 0 radical (unpaired) electrons. The number of nitrogens with one attached hydrogen (secondary N) is 1. The van der Waals surface area contributed by atoms with Crippen molar-refractivity contribution in [1.82, 2.24) is 0 Å². The normalized spacial score (nSPS) is 12.7. The summed E-state index contributed by atoms with van der Waals surface area (Å²) in [7, 11) is 1.59. The Balaban J connectivity index is 2.16. The maximum Gasteiger partial charge on any atom is 0.245 e. The topological polar surface area (TPSA) is 64.3 Å². The molecule has 0 aliphatic carbocycles. The number of amides is 1. The van der Waals surface area contributed by atoms with E-state index >= 15 is 0 Å². The minimum atomic E-state index is -0.958. The Morgan fingerprint density at radius 2 is 1.69 bits per heavy atom. The molecule has 140 valence electrons. The molecule has 4 nitrogen and oxygen atoms in total. The van der Waals surface area contributed by atoms with Gasteiger partial charge in [-0.25, -0.2) is 8.78 Å². The Morgan fingerprint density at radius 3 is 2.15 bits per heavy atom. The van der Waals surface area contributed by atoms with Crippen molar-refractivity contribution in [2.24, 2.45) is 5.73 Å². The molecule has 1 unspecified atom stereocenters. The molecule has 0 bridgehead atoms. The second-order valence-corrected chi connectivity index (χ2v) is 7.21. The van der Waals surface area contributed by atoms with Crippen molar-refractivity contribution in [3.05, 3.63) is 64.7 Å². The summed E-state index contributed by atoms with van der Waals surface area (Å²) in [4.78, 5) is 12.3. The van der Waals surface area contributed by atoms with Gasteiger partial charge in [0.2, 0.25) is 5.91 Å². The van der Waals surface area contributed by atoms with Crippen LogP contribution in [0.5, 0.6) is 0 Å². The van der Waals surface area contributed by atoms with Crippen LogP contribution >= 0.6 is 0 Å². The molecule has 0 fully saturated rings. The van der Waals surface area contributed by atoms with Gasteiger partial charge in [0.25, 0.3) is 0 Å². The van der Waals surface area contributed by atoms with E-state index in [1.54, 1.807) is 40.0 Å². The predicted molar refractivity (Wildman–Crippen MR) is 97.8 cm³/mol. The minimum absolute atomic E-state index is 0.0199. The molecular formula is C20H24F2N2O2. The number of benzene rings is 2. The first-order valence-electron chi connectivity index (χ1n) is 8.27. The molecule has 1 atom stereocenters. The van der Waals surface area contributed by atoms with Gasteiger partial charge < -0.3 is 15.8 Å². The number of carbonyl (C=O) groups is 1. The lowest BCUT2D eigenvalue weighted by atomic mass is 9.86. The molecule has 2 aromatic carbocycles. The maximum atomic E-state index is 14.3. The summed E-state index contributed by atoms with van der Waals surface area (Å²) in [6.45, 7) is 5.61. The Bertz CT molecular complexity index is 760.